The van der Waals surface area contributed by atoms with Gasteiger partial charge in [-0.1, -0.05) is 24.6 Å². The monoisotopic (exact) mass is 334 g/mol. The fourth-order valence-electron chi connectivity index (χ4n) is 1.40. The molecule has 2 N–H and O–H groups in total. The Bertz CT molecular complexity index is 694. The van der Waals surface area contributed by atoms with Crippen molar-refractivity contribution in [2.45, 2.75) is 18.7 Å². The quantitative estimate of drug-likeness (QED) is 0.783. The van der Waals surface area contributed by atoms with E-state index in [1.807, 2.05) is 11.6 Å². The first-order valence-corrected chi connectivity index (χ1v) is 9.54. The maximum Gasteiger partial charge on any atom is 0.328 e. The SMILES string of the molecule is CCS(=O)(=O)CCNC(=O)NS(=O)(=O)c1ccc(C)cc1. The van der Waals surface area contributed by atoms with Gasteiger partial charge in [0.25, 0.3) is 10.0 Å². The Morgan fingerprint density at radius 1 is 1.10 bits per heavy atom. The number of amides is 2. The van der Waals surface area contributed by atoms with Gasteiger partial charge in [0.2, 0.25) is 0 Å². The van der Waals surface area contributed by atoms with Gasteiger partial charge in [0.05, 0.1) is 10.6 Å². The minimum Gasteiger partial charge on any atom is -0.336 e. The summed E-state index contributed by atoms with van der Waals surface area (Å²) >= 11 is 0. The number of carbonyl (C=O) groups is 1. The van der Waals surface area contributed by atoms with E-state index in [4.69, 9.17) is 0 Å². The third-order valence-electron chi connectivity index (χ3n) is 2.70. The smallest absolute Gasteiger partial charge is 0.328 e. The lowest BCUT2D eigenvalue weighted by Crippen LogP contribution is -2.41. The lowest BCUT2D eigenvalue weighted by molar-refractivity contribution is 0.246. The van der Waals surface area contributed by atoms with Crippen LogP contribution in [-0.4, -0.2) is 40.9 Å². The number of hydrogen-bond donors (Lipinski definition) is 2. The van der Waals surface area contributed by atoms with E-state index in [0.717, 1.165) is 5.56 Å². The maximum atomic E-state index is 11.9. The minimum atomic E-state index is -3.96. The van der Waals surface area contributed by atoms with Crippen molar-refractivity contribution in [2.24, 2.45) is 0 Å². The summed E-state index contributed by atoms with van der Waals surface area (Å²) in [5, 5.41) is 2.20. The molecule has 0 atom stereocenters. The zero-order valence-corrected chi connectivity index (χ0v) is 13.4. The Kier molecular flexibility index (Phi) is 5.73. The highest BCUT2D eigenvalue weighted by molar-refractivity contribution is 7.91. The summed E-state index contributed by atoms with van der Waals surface area (Å²) < 4.78 is 48.0. The van der Waals surface area contributed by atoms with E-state index < -0.39 is 25.9 Å². The second kappa shape index (κ2) is 6.90. The van der Waals surface area contributed by atoms with Crippen molar-refractivity contribution < 1.29 is 21.6 Å². The second-order valence-electron chi connectivity index (χ2n) is 4.41. The zero-order chi connectivity index (χ0) is 16.1. The molecule has 0 aromatic heterocycles. The predicted octanol–water partition coefficient (Wildman–Crippen LogP) is 0.418. The molecule has 0 heterocycles. The molecule has 7 nitrogen and oxygen atoms in total. The van der Waals surface area contributed by atoms with E-state index in [0.29, 0.717) is 0 Å². The molecule has 0 fully saturated rings. The van der Waals surface area contributed by atoms with Crippen LogP contribution in [0.5, 0.6) is 0 Å². The summed E-state index contributed by atoms with van der Waals surface area (Å²) in [5.41, 5.74) is 0.892. The summed E-state index contributed by atoms with van der Waals surface area (Å²) in [6, 6.07) is 5.03. The van der Waals surface area contributed by atoms with Crippen LogP contribution in [0.2, 0.25) is 0 Å². The van der Waals surface area contributed by atoms with Gasteiger partial charge in [0, 0.05) is 12.3 Å². The molecule has 0 bridgehead atoms. The van der Waals surface area contributed by atoms with Crippen molar-refractivity contribution in [2.75, 3.05) is 18.1 Å². The number of rotatable bonds is 6. The van der Waals surface area contributed by atoms with Gasteiger partial charge in [0.1, 0.15) is 0 Å². The molecule has 9 heteroatoms. The molecule has 1 rings (SSSR count). The molecule has 0 radical (unpaired) electrons. The van der Waals surface area contributed by atoms with Crippen LogP contribution in [0.3, 0.4) is 0 Å². The van der Waals surface area contributed by atoms with E-state index >= 15 is 0 Å². The largest absolute Gasteiger partial charge is 0.336 e. The molecule has 2 amide bonds. The van der Waals surface area contributed by atoms with Crippen LogP contribution in [0.15, 0.2) is 29.2 Å². The first-order chi connectivity index (χ1) is 9.66. The summed E-state index contributed by atoms with van der Waals surface area (Å²) in [6.07, 6.45) is 0. The van der Waals surface area contributed by atoms with Gasteiger partial charge in [-0.15, -0.1) is 0 Å². The fourth-order valence-corrected chi connectivity index (χ4v) is 3.03. The summed E-state index contributed by atoms with van der Waals surface area (Å²) in [7, 11) is -7.17. The predicted molar refractivity (Wildman–Crippen MR) is 79.2 cm³/mol. The van der Waals surface area contributed by atoms with Gasteiger partial charge in [-0.25, -0.2) is 26.4 Å². The number of hydrogen-bond acceptors (Lipinski definition) is 5. The molecular formula is C12H18N2O5S2. The number of urea groups is 1. The standard InChI is InChI=1S/C12H18N2O5S2/c1-3-20(16,17)9-8-13-12(15)14-21(18,19)11-6-4-10(2)5-7-11/h4-7H,3,8-9H2,1-2H3,(H2,13,14,15). The van der Waals surface area contributed by atoms with Gasteiger partial charge in [0.15, 0.2) is 9.84 Å². The molecule has 0 aliphatic carbocycles. The van der Waals surface area contributed by atoms with Crippen LogP contribution in [0.25, 0.3) is 0 Å². The molecule has 0 aliphatic rings. The lowest BCUT2D eigenvalue weighted by Gasteiger charge is -2.08. The number of carbonyl (C=O) groups excluding carboxylic acids is 1. The van der Waals surface area contributed by atoms with Crippen LogP contribution in [0.4, 0.5) is 4.79 Å². The van der Waals surface area contributed by atoms with Crippen molar-refractivity contribution in [3.05, 3.63) is 29.8 Å². The average Bonchev–Trinajstić information content (AvgIpc) is 2.38. The lowest BCUT2D eigenvalue weighted by atomic mass is 10.2. The summed E-state index contributed by atoms with van der Waals surface area (Å²) in [4.78, 5) is 11.4. The third-order valence-corrected chi connectivity index (χ3v) is 5.75. The molecule has 0 spiro atoms. The molecule has 21 heavy (non-hydrogen) atoms. The van der Waals surface area contributed by atoms with Crippen molar-refractivity contribution in [1.29, 1.82) is 0 Å². The molecule has 0 unspecified atom stereocenters. The van der Waals surface area contributed by atoms with E-state index in [1.165, 1.54) is 19.1 Å². The van der Waals surface area contributed by atoms with Gasteiger partial charge in [-0.2, -0.15) is 0 Å². The Labute approximate surface area is 124 Å². The first-order valence-electron chi connectivity index (χ1n) is 6.24. The van der Waals surface area contributed by atoms with Crippen LogP contribution in [-0.2, 0) is 19.9 Å². The highest BCUT2D eigenvalue weighted by Crippen LogP contribution is 2.09. The number of sulfone groups is 1. The first kappa shape index (κ1) is 17.4. The van der Waals surface area contributed by atoms with Gasteiger partial charge in [-0.05, 0) is 19.1 Å². The van der Waals surface area contributed by atoms with Gasteiger partial charge >= 0.3 is 6.03 Å². The van der Waals surface area contributed by atoms with Crippen molar-refractivity contribution >= 4 is 25.9 Å². The zero-order valence-electron chi connectivity index (χ0n) is 11.8. The van der Waals surface area contributed by atoms with Crippen LogP contribution < -0.4 is 10.0 Å². The molecule has 1 aromatic carbocycles. The number of sulfonamides is 1. The Hall–Kier alpha value is -1.61. The van der Waals surface area contributed by atoms with E-state index in [-0.39, 0.29) is 22.9 Å². The molecule has 0 aliphatic heterocycles. The number of benzene rings is 1. The molecule has 118 valence electrons. The molecule has 0 saturated heterocycles. The van der Waals surface area contributed by atoms with Gasteiger partial charge in [-0.3, -0.25) is 0 Å². The summed E-state index contributed by atoms with van der Waals surface area (Å²) in [5.74, 6) is -0.264. The Morgan fingerprint density at radius 2 is 1.67 bits per heavy atom. The minimum absolute atomic E-state index is 0.0298. The van der Waals surface area contributed by atoms with Crippen LogP contribution in [0.1, 0.15) is 12.5 Å². The topological polar surface area (TPSA) is 109 Å². The normalized spacial score (nSPS) is 11.9. The third kappa shape index (κ3) is 5.72. The maximum absolute atomic E-state index is 11.9. The second-order valence-corrected chi connectivity index (χ2v) is 8.57. The number of nitrogens with one attached hydrogen (secondary N) is 2. The highest BCUT2D eigenvalue weighted by atomic mass is 32.2. The molecule has 0 saturated carbocycles. The van der Waals surface area contributed by atoms with Crippen molar-refractivity contribution in [1.82, 2.24) is 10.0 Å². The molecular weight excluding hydrogens is 316 g/mol. The fraction of sp³-hybridized carbons (Fsp3) is 0.417. The van der Waals surface area contributed by atoms with Gasteiger partial charge < -0.3 is 5.32 Å². The van der Waals surface area contributed by atoms with E-state index in [2.05, 4.69) is 5.32 Å². The average molecular weight is 334 g/mol. The molecule has 1 aromatic rings. The van der Waals surface area contributed by atoms with Crippen LogP contribution >= 0.6 is 0 Å². The van der Waals surface area contributed by atoms with Crippen molar-refractivity contribution in [3.63, 3.8) is 0 Å². The van der Waals surface area contributed by atoms with Crippen molar-refractivity contribution in [3.8, 4) is 0 Å². The number of aryl methyl sites for hydroxylation is 1. The highest BCUT2D eigenvalue weighted by Gasteiger charge is 2.17. The Balaban J connectivity index is 2.60. The van der Waals surface area contributed by atoms with E-state index in [1.54, 1.807) is 12.1 Å². The Morgan fingerprint density at radius 3 is 2.19 bits per heavy atom. The van der Waals surface area contributed by atoms with Crippen LogP contribution in [0, 0.1) is 6.92 Å². The van der Waals surface area contributed by atoms with E-state index in [9.17, 15) is 21.6 Å². The summed E-state index contributed by atoms with van der Waals surface area (Å²) in [6.45, 7) is 3.16.